The van der Waals surface area contributed by atoms with Gasteiger partial charge in [-0.3, -0.25) is 4.79 Å². The van der Waals surface area contributed by atoms with E-state index in [0.717, 1.165) is 5.75 Å². The van der Waals surface area contributed by atoms with Gasteiger partial charge in [0.15, 0.2) is 0 Å². The van der Waals surface area contributed by atoms with Crippen molar-refractivity contribution in [1.29, 1.82) is 0 Å². The molecule has 0 aliphatic carbocycles. The lowest BCUT2D eigenvalue weighted by Crippen LogP contribution is -2.50. The molecule has 0 amide bonds. The average Bonchev–Trinajstić information content (AvgIpc) is 2.40. The van der Waals surface area contributed by atoms with Crippen LogP contribution >= 0.6 is 0 Å². The van der Waals surface area contributed by atoms with E-state index in [1.807, 2.05) is 38.1 Å². The van der Waals surface area contributed by atoms with E-state index in [0.29, 0.717) is 18.8 Å². The zero-order valence-electron chi connectivity index (χ0n) is 12.5. The number of likely N-dealkylation sites (N-methyl/N-ethyl adjacent to an activating group) is 1. The smallest absolute Gasteiger partial charge is 0.323 e. The number of carboxylic acids is 1. The number of ether oxygens (including phenoxy) is 2. The summed E-state index contributed by atoms with van der Waals surface area (Å²) >= 11 is 0. The number of rotatable bonds is 8. The van der Waals surface area contributed by atoms with Gasteiger partial charge in [0.2, 0.25) is 0 Å². The SMILES string of the molecule is CCOc1ccc(OC(C)CC(C)(NC)C(=O)O)cc1. The molecule has 2 atom stereocenters. The minimum atomic E-state index is -0.995. The number of hydrogen-bond acceptors (Lipinski definition) is 4. The van der Waals surface area contributed by atoms with Gasteiger partial charge in [-0.2, -0.15) is 0 Å². The van der Waals surface area contributed by atoms with Gasteiger partial charge in [0, 0.05) is 6.42 Å². The van der Waals surface area contributed by atoms with Crippen molar-refractivity contribution in [3.8, 4) is 11.5 Å². The molecule has 112 valence electrons. The monoisotopic (exact) mass is 281 g/mol. The van der Waals surface area contributed by atoms with Crippen LogP contribution in [-0.4, -0.2) is 36.4 Å². The van der Waals surface area contributed by atoms with Gasteiger partial charge in [0.1, 0.15) is 17.0 Å². The molecule has 0 aliphatic heterocycles. The van der Waals surface area contributed by atoms with Crippen LogP contribution in [0.4, 0.5) is 0 Å². The van der Waals surface area contributed by atoms with E-state index in [9.17, 15) is 9.90 Å². The summed E-state index contributed by atoms with van der Waals surface area (Å²) in [5.74, 6) is 0.602. The molecule has 0 aromatic heterocycles. The highest BCUT2D eigenvalue weighted by atomic mass is 16.5. The van der Waals surface area contributed by atoms with E-state index < -0.39 is 11.5 Å². The maximum Gasteiger partial charge on any atom is 0.323 e. The standard InChI is InChI=1S/C15H23NO4/c1-5-19-12-6-8-13(9-7-12)20-11(2)10-15(3,16-4)14(17)18/h6-9,11,16H,5,10H2,1-4H3,(H,17,18). The highest BCUT2D eigenvalue weighted by molar-refractivity contribution is 5.78. The number of nitrogens with one attached hydrogen (secondary N) is 1. The zero-order valence-corrected chi connectivity index (χ0v) is 12.5. The van der Waals surface area contributed by atoms with Crippen molar-refractivity contribution >= 4 is 5.97 Å². The van der Waals surface area contributed by atoms with Gasteiger partial charge in [0.25, 0.3) is 0 Å². The second-order valence-electron chi connectivity index (χ2n) is 4.92. The maximum absolute atomic E-state index is 11.2. The molecule has 2 unspecified atom stereocenters. The Bertz CT molecular complexity index is 432. The first-order chi connectivity index (χ1) is 9.41. The Morgan fingerprint density at radius 2 is 1.90 bits per heavy atom. The predicted molar refractivity (Wildman–Crippen MR) is 77.4 cm³/mol. The van der Waals surface area contributed by atoms with Crippen molar-refractivity contribution < 1.29 is 19.4 Å². The van der Waals surface area contributed by atoms with Gasteiger partial charge >= 0.3 is 5.97 Å². The largest absolute Gasteiger partial charge is 0.494 e. The van der Waals surface area contributed by atoms with E-state index in [4.69, 9.17) is 9.47 Å². The van der Waals surface area contributed by atoms with Gasteiger partial charge in [-0.05, 0) is 52.1 Å². The highest BCUT2D eigenvalue weighted by Gasteiger charge is 2.33. The first kappa shape index (κ1) is 16.3. The molecular weight excluding hydrogens is 258 g/mol. The Hall–Kier alpha value is -1.75. The van der Waals surface area contributed by atoms with Crippen molar-refractivity contribution in [2.75, 3.05) is 13.7 Å². The molecule has 20 heavy (non-hydrogen) atoms. The first-order valence-corrected chi connectivity index (χ1v) is 6.73. The van der Waals surface area contributed by atoms with E-state index in [2.05, 4.69) is 5.32 Å². The van der Waals surface area contributed by atoms with E-state index in [-0.39, 0.29) is 6.10 Å². The van der Waals surface area contributed by atoms with Crippen LogP contribution in [-0.2, 0) is 4.79 Å². The molecule has 2 N–H and O–H groups in total. The van der Waals surface area contributed by atoms with Gasteiger partial charge < -0.3 is 19.9 Å². The first-order valence-electron chi connectivity index (χ1n) is 6.73. The second-order valence-corrected chi connectivity index (χ2v) is 4.92. The van der Waals surface area contributed by atoms with Crippen molar-refractivity contribution in [2.24, 2.45) is 0 Å². The van der Waals surface area contributed by atoms with Crippen LogP contribution in [0.25, 0.3) is 0 Å². The summed E-state index contributed by atoms with van der Waals surface area (Å²) in [7, 11) is 1.64. The Labute approximate surface area is 119 Å². The summed E-state index contributed by atoms with van der Waals surface area (Å²) in [5, 5.41) is 12.0. The Morgan fingerprint density at radius 3 is 2.35 bits per heavy atom. The van der Waals surface area contributed by atoms with Crippen LogP contribution in [0.3, 0.4) is 0 Å². The van der Waals surface area contributed by atoms with E-state index >= 15 is 0 Å². The van der Waals surface area contributed by atoms with E-state index in [1.54, 1.807) is 14.0 Å². The number of aliphatic carboxylic acids is 1. The van der Waals surface area contributed by atoms with Gasteiger partial charge in [0.05, 0.1) is 12.7 Å². The molecule has 0 aliphatic rings. The molecule has 0 spiro atoms. The molecule has 0 radical (unpaired) electrons. The summed E-state index contributed by atoms with van der Waals surface area (Å²) in [6.07, 6.45) is 0.146. The fourth-order valence-electron chi connectivity index (χ4n) is 1.93. The minimum absolute atomic E-state index is 0.221. The zero-order chi connectivity index (χ0) is 15.2. The van der Waals surface area contributed by atoms with Gasteiger partial charge in [-0.25, -0.2) is 0 Å². The normalized spacial score (nSPS) is 15.2. The third-order valence-electron chi connectivity index (χ3n) is 3.19. The van der Waals surface area contributed by atoms with Gasteiger partial charge in [-0.15, -0.1) is 0 Å². The fourth-order valence-corrected chi connectivity index (χ4v) is 1.93. The van der Waals surface area contributed by atoms with Crippen molar-refractivity contribution in [3.63, 3.8) is 0 Å². The topological polar surface area (TPSA) is 67.8 Å². The molecule has 0 saturated carbocycles. The lowest BCUT2D eigenvalue weighted by atomic mass is 9.95. The Morgan fingerprint density at radius 1 is 1.35 bits per heavy atom. The van der Waals surface area contributed by atoms with Crippen LogP contribution in [0.5, 0.6) is 11.5 Å². The molecule has 0 bridgehead atoms. The van der Waals surface area contributed by atoms with Crippen LogP contribution < -0.4 is 14.8 Å². The average molecular weight is 281 g/mol. The Kier molecular flexibility index (Phi) is 5.82. The van der Waals surface area contributed by atoms with Crippen LogP contribution in [0.15, 0.2) is 24.3 Å². The van der Waals surface area contributed by atoms with E-state index in [1.165, 1.54) is 0 Å². The molecule has 1 aromatic carbocycles. The second kappa shape index (κ2) is 7.14. The summed E-state index contributed by atoms with van der Waals surface area (Å²) < 4.78 is 11.1. The minimum Gasteiger partial charge on any atom is -0.494 e. The van der Waals surface area contributed by atoms with Crippen molar-refractivity contribution in [1.82, 2.24) is 5.32 Å². The lowest BCUT2D eigenvalue weighted by molar-refractivity contribution is -0.145. The third-order valence-corrected chi connectivity index (χ3v) is 3.19. The van der Waals surface area contributed by atoms with Gasteiger partial charge in [-0.1, -0.05) is 0 Å². The fraction of sp³-hybridized carbons (Fsp3) is 0.533. The van der Waals surface area contributed by atoms with Crippen molar-refractivity contribution in [2.45, 2.75) is 38.8 Å². The molecule has 5 heteroatoms. The number of carboxylic acid groups (broad SMARTS) is 1. The summed E-state index contributed by atoms with van der Waals surface area (Å²) in [5.41, 5.74) is -0.995. The summed E-state index contributed by atoms with van der Waals surface area (Å²) in [4.78, 5) is 11.2. The molecule has 5 nitrogen and oxygen atoms in total. The highest BCUT2D eigenvalue weighted by Crippen LogP contribution is 2.21. The molecule has 0 heterocycles. The maximum atomic E-state index is 11.2. The number of carbonyl (C=O) groups is 1. The molecule has 0 fully saturated rings. The summed E-state index contributed by atoms with van der Waals surface area (Å²) in [6.45, 7) is 6.05. The number of benzene rings is 1. The molecule has 0 saturated heterocycles. The van der Waals surface area contributed by atoms with Crippen LogP contribution in [0.2, 0.25) is 0 Å². The molecule has 1 rings (SSSR count). The molecular formula is C15H23NO4. The van der Waals surface area contributed by atoms with Crippen LogP contribution in [0.1, 0.15) is 27.2 Å². The van der Waals surface area contributed by atoms with Crippen molar-refractivity contribution in [3.05, 3.63) is 24.3 Å². The quantitative estimate of drug-likeness (QED) is 0.765. The predicted octanol–water partition coefficient (Wildman–Crippen LogP) is 2.31. The van der Waals surface area contributed by atoms with Crippen LogP contribution in [0, 0.1) is 0 Å². The lowest BCUT2D eigenvalue weighted by Gasteiger charge is -2.27. The third kappa shape index (κ3) is 4.42. The summed E-state index contributed by atoms with van der Waals surface area (Å²) in [6, 6.07) is 7.30. The number of hydrogen-bond donors (Lipinski definition) is 2. The molecule has 1 aromatic rings. The Balaban J connectivity index is 2.61.